The van der Waals surface area contributed by atoms with E-state index in [1.807, 2.05) is 37.3 Å². The van der Waals surface area contributed by atoms with Gasteiger partial charge in [0.2, 0.25) is 0 Å². The zero-order chi connectivity index (χ0) is 11.7. The van der Waals surface area contributed by atoms with Gasteiger partial charge in [-0.2, -0.15) is 0 Å². The summed E-state index contributed by atoms with van der Waals surface area (Å²) in [5.74, 6) is 1.61. The van der Waals surface area contributed by atoms with E-state index < -0.39 is 0 Å². The summed E-state index contributed by atoms with van der Waals surface area (Å²) in [6.07, 6.45) is 1.78. The number of aromatic nitrogens is 2. The lowest BCUT2D eigenvalue weighted by molar-refractivity contribution is 1.09. The van der Waals surface area contributed by atoms with Crippen molar-refractivity contribution in [3.05, 3.63) is 53.5 Å². The van der Waals surface area contributed by atoms with Gasteiger partial charge in [0.25, 0.3) is 0 Å². The van der Waals surface area contributed by atoms with Gasteiger partial charge in [0.1, 0.15) is 11.5 Å². The van der Waals surface area contributed by atoms with E-state index in [9.17, 15) is 0 Å². The lowest BCUT2D eigenvalue weighted by Crippen LogP contribution is -2.14. The van der Waals surface area contributed by atoms with Crippen molar-refractivity contribution in [2.75, 3.05) is 5.32 Å². The predicted molar refractivity (Wildman–Crippen MR) is 67.1 cm³/mol. The molecule has 2 aromatic heterocycles. The molecule has 0 unspecified atom stereocenters. The number of amidine groups is 1. The highest BCUT2D eigenvalue weighted by molar-refractivity contribution is 6.08. The van der Waals surface area contributed by atoms with Crippen LogP contribution in [0.25, 0.3) is 0 Å². The molecule has 3 rings (SSSR count). The van der Waals surface area contributed by atoms with Gasteiger partial charge in [0.15, 0.2) is 5.84 Å². The molecule has 2 aromatic rings. The van der Waals surface area contributed by atoms with E-state index in [0.29, 0.717) is 6.54 Å². The zero-order valence-electron chi connectivity index (χ0n) is 9.51. The fourth-order valence-corrected chi connectivity index (χ4v) is 1.85. The van der Waals surface area contributed by atoms with Gasteiger partial charge in [0, 0.05) is 17.5 Å². The molecule has 4 heteroatoms. The molecule has 0 atom stereocenters. The highest BCUT2D eigenvalue weighted by Gasteiger charge is 2.16. The Labute approximate surface area is 99.5 Å². The standard InChI is InChI=1S/C13H12N4/c1-9-4-2-6-11(16-9)17-13-12-10(8-15-13)5-3-7-14-12/h2-7H,8H2,1H3,(H,15,16,17). The molecule has 1 aliphatic rings. The first kappa shape index (κ1) is 9.96. The Balaban J connectivity index is 1.89. The SMILES string of the molecule is Cc1cccc(NC2=NCc3cccnc32)n1. The maximum atomic E-state index is 4.43. The number of hydrogen-bond acceptors (Lipinski definition) is 4. The summed E-state index contributed by atoms with van der Waals surface area (Å²) in [4.78, 5) is 13.2. The first-order valence-electron chi connectivity index (χ1n) is 5.52. The molecule has 4 nitrogen and oxygen atoms in total. The van der Waals surface area contributed by atoms with Gasteiger partial charge < -0.3 is 5.32 Å². The van der Waals surface area contributed by atoms with Gasteiger partial charge in [-0.3, -0.25) is 9.98 Å². The average Bonchev–Trinajstić information content (AvgIpc) is 2.73. The predicted octanol–water partition coefficient (Wildman–Crippen LogP) is 2.16. The van der Waals surface area contributed by atoms with Gasteiger partial charge in [-0.1, -0.05) is 12.1 Å². The van der Waals surface area contributed by atoms with Crippen molar-refractivity contribution in [2.24, 2.45) is 4.99 Å². The molecule has 3 heterocycles. The van der Waals surface area contributed by atoms with Crippen molar-refractivity contribution in [1.29, 1.82) is 0 Å². The van der Waals surface area contributed by atoms with Crippen LogP contribution >= 0.6 is 0 Å². The summed E-state index contributed by atoms with van der Waals surface area (Å²) in [7, 11) is 0. The molecule has 1 N–H and O–H groups in total. The van der Waals surface area contributed by atoms with Gasteiger partial charge in [-0.15, -0.1) is 0 Å². The summed E-state index contributed by atoms with van der Waals surface area (Å²) < 4.78 is 0. The number of nitrogens with zero attached hydrogens (tertiary/aromatic N) is 3. The summed E-state index contributed by atoms with van der Waals surface area (Å²) in [5.41, 5.74) is 3.06. The summed E-state index contributed by atoms with van der Waals surface area (Å²) in [6, 6.07) is 9.84. The third-order valence-electron chi connectivity index (χ3n) is 2.66. The van der Waals surface area contributed by atoms with Crippen LogP contribution in [0.3, 0.4) is 0 Å². The van der Waals surface area contributed by atoms with Gasteiger partial charge in [0.05, 0.1) is 6.54 Å². The quantitative estimate of drug-likeness (QED) is 0.807. The first-order chi connectivity index (χ1) is 8.33. The summed E-state index contributed by atoms with van der Waals surface area (Å²) in [5, 5.41) is 3.21. The molecular formula is C13H12N4. The lowest BCUT2D eigenvalue weighted by Gasteiger charge is -2.06. The Hall–Kier alpha value is -2.23. The number of rotatable bonds is 1. The van der Waals surface area contributed by atoms with Crippen molar-refractivity contribution in [3.8, 4) is 0 Å². The highest BCUT2D eigenvalue weighted by atomic mass is 15.1. The number of pyridine rings is 2. The van der Waals surface area contributed by atoms with E-state index in [2.05, 4.69) is 20.3 Å². The van der Waals surface area contributed by atoms with Crippen LogP contribution in [0.1, 0.15) is 17.0 Å². The van der Waals surface area contributed by atoms with E-state index in [-0.39, 0.29) is 0 Å². The average molecular weight is 224 g/mol. The Bertz CT molecular complexity index is 589. The van der Waals surface area contributed by atoms with E-state index in [1.165, 1.54) is 0 Å². The number of anilines is 1. The number of hydrogen-bond donors (Lipinski definition) is 1. The maximum absolute atomic E-state index is 4.43. The van der Waals surface area contributed by atoms with Crippen LogP contribution in [0.15, 0.2) is 41.5 Å². The molecule has 1 aliphatic heterocycles. The van der Waals surface area contributed by atoms with Crippen molar-refractivity contribution in [1.82, 2.24) is 9.97 Å². The maximum Gasteiger partial charge on any atom is 0.153 e. The second-order valence-corrected chi connectivity index (χ2v) is 3.97. The molecular weight excluding hydrogens is 212 g/mol. The smallest absolute Gasteiger partial charge is 0.153 e. The number of aryl methyl sites for hydroxylation is 1. The molecule has 0 bridgehead atoms. The molecule has 0 amide bonds. The van der Waals surface area contributed by atoms with Gasteiger partial charge >= 0.3 is 0 Å². The Morgan fingerprint density at radius 2 is 2.12 bits per heavy atom. The van der Waals surface area contributed by atoms with Crippen LogP contribution in [0.4, 0.5) is 5.82 Å². The van der Waals surface area contributed by atoms with Gasteiger partial charge in [-0.25, -0.2) is 4.98 Å². The minimum Gasteiger partial charge on any atom is -0.323 e. The topological polar surface area (TPSA) is 50.2 Å². The van der Waals surface area contributed by atoms with E-state index in [1.54, 1.807) is 6.20 Å². The molecule has 17 heavy (non-hydrogen) atoms. The van der Waals surface area contributed by atoms with Crippen LogP contribution < -0.4 is 5.32 Å². The largest absolute Gasteiger partial charge is 0.323 e. The first-order valence-corrected chi connectivity index (χ1v) is 5.52. The van der Waals surface area contributed by atoms with Gasteiger partial charge in [-0.05, 0) is 25.1 Å². The molecule has 0 spiro atoms. The zero-order valence-corrected chi connectivity index (χ0v) is 9.51. The number of nitrogens with one attached hydrogen (secondary N) is 1. The molecule has 0 saturated carbocycles. The van der Waals surface area contributed by atoms with Crippen LogP contribution in [0.2, 0.25) is 0 Å². The molecule has 0 aromatic carbocycles. The second kappa shape index (κ2) is 3.97. The van der Waals surface area contributed by atoms with Crippen LogP contribution in [0, 0.1) is 6.92 Å². The van der Waals surface area contributed by atoms with Crippen LogP contribution in [-0.4, -0.2) is 15.8 Å². The molecule has 84 valence electrons. The van der Waals surface area contributed by atoms with Crippen molar-refractivity contribution < 1.29 is 0 Å². The normalized spacial score (nSPS) is 13.1. The van der Waals surface area contributed by atoms with Crippen LogP contribution in [-0.2, 0) is 6.54 Å². The Kier molecular flexibility index (Phi) is 2.33. The second-order valence-electron chi connectivity index (χ2n) is 3.97. The minimum absolute atomic E-state index is 0.692. The molecule has 0 fully saturated rings. The summed E-state index contributed by atoms with van der Waals surface area (Å²) >= 11 is 0. The Morgan fingerprint density at radius 1 is 1.18 bits per heavy atom. The third-order valence-corrected chi connectivity index (χ3v) is 2.66. The number of aliphatic imine (C=N–C) groups is 1. The van der Waals surface area contributed by atoms with E-state index >= 15 is 0 Å². The van der Waals surface area contributed by atoms with E-state index in [4.69, 9.17) is 0 Å². The lowest BCUT2D eigenvalue weighted by atomic mass is 10.2. The number of fused-ring (bicyclic) bond motifs is 1. The molecule has 0 saturated heterocycles. The van der Waals surface area contributed by atoms with Crippen molar-refractivity contribution in [3.63, 3.8) is 0 Å². The fourth-order valence-electron chi connectivity index (χ4n) is 1.85. The highest BCUT2D eigenvalue weighted by Crippen LogP contribution is 2.17. The molecule has 0 radical (unpaired) electrons. The fraction of sp³-hybridized carbons (Fsp3) is 0.154. The monoisotopic (exact) mass is 224 g/mol. The third kappa shape index (κ3) is 1.89. The molecule has 0 aliphatic carbocycles. The Morgan fingerprint density at radius 3 is 3.00 bits per heavy atom. The van der Waals surface area contributed by atoms with Crippen molar-refractivity contribution in [2.45, 2.75) is 13.5 Å². The summed E-state index contributed by atoms with van der Waals surface area (Å²) in [6.45, 7) is 2.66. The van der Waals surface area contributed by atoms with E-state index in [0.717, 1.165) is 28.6 Å². The van der Waals surface area contributed by atoms with Crippen LogP contribution in [0.5, 0.6) is 0 Å². The minimum atomic E-state index is 0.692. The van der Waals surface area contributed by atoms with Crippen molar-refractivity contribution >= 4 is 11.7 Å².